The number of benzene rings is 1. The molecule has 0 radical (unpaired) electrons. The first-order chi connectivity index (χ1) is 7.74. The number of rotatable bonds is 3. The molecule has 0 saturated heterocycles. The normalized spacial score (nSPS) is 12.7. The maximum Gasteiger partial charge on any atom is 0.0954 e. The van der Waals surface area contributed by atoms with Crippen LogP contribution in [0.2, 0.25) is 0 Å². The van der Waals surface area contributed by atoms with Gasteiger partial charge in [0.15, 0.2) is 0 Å². The van der Waals surface area contributed by atoms with E-state index in [1.807, 2.05) is 18.2 Å². The van der Waals surface area contributed by atoms with Crippen LogP contribution in [0.1, 0.15) is 22.7 Å². The molecule has 1 atom stereocenters. The Morgan fingerprint density at radius 1 is 1.38 bits per heavy atom. The highest BCUT2D eigenvalue weighted by atomic mass is 79.9. The second-order valence-corrected chi connectivity index (χ2v) is 4.46. The third-order valence-corrected chi connectivity index (χ3v) is 3.52. The monoisotopic (exact) mass is 280 g/mol. The molecule has 0 bridgehead atoms. The van der Waals surface area contributed by atoms with Gasteiger partial charge in [-0.15, -0.1) is 0 Å². The van der Waals surface area contributed by atoms with Crippen molar-refractivity contribution in [3.63, 3.8) is 0 Å². The maximum absolute atomic E-state index is 5.61. The summed E-state index contributed by atoms with van der Waals surface area (Å²) in [4.78, 5) is 0. The zero-order chi connectivity index (χ0) is 11.5. The van der Waals surface area contributed by atoms with E-state index in [2.05, 4.69) is 34.3 Å². The fraction of sp³-hybridized carbons (Fsp3) is 0.167. The molecule has 16 heavy (non-hydrogen) atoms. The minimum atomic E-state index is -0.0451. The number of hydrazine groups is 1. The lowest BCUT2D eigenvalue weighted by atomic mass is 9.97. The number of halogens is 1. The molecule has 1 aromatic heterocycles. The summed E-state index contributed by atoms with van der Waals surface area (Å²) in [5, 5.41) is 0. The van der Waals surface area contributed by atoms with Crippen LogP contribution in [0, 0.1) is 6.92 Å². The van der Waals surface area contributed by atoms with Crippen molar-refractivity contribution in [2.45, 2.75) is 13.0 Å². The summed E-state index contributed by atoms with van der Waals surface area (Å²) in [6.07, 6.45) is 3.35. The fourth-order valence-corrected chi connectivity index (χ4v) is 2.12. The molecule has 0 saturated carbocycles. The highest BCUT2D eigenvalue weighted by molar-refractivity contribution is 9.10. The van der Waals surface area contributed by atoms with Gasteiger partial charge in [-0.1, -0.05) is 28.1 Å². The maximum atomic E-state index is 5.61. The summed E-state index contributed by atoms with van der Waals surface area (Å²) in [5.74, 6) is 5.61. The number of nitrogens with one attached hydrogen (secondary N) is 1. The predicted octanol–water partition coefficient (Wildman–Crippen LogP) is 2.90. The van der Waals surface area contributed by atoms with E-state index in [0.717, 1.165) is 15.6 Å². The van der Waals surface area contributed by atoms with Crippen molar-refractivity contribution in [3.8, 4) is 0 Å². The molecule has 0 spiro atoms. The van der Waals surface area contributed by atoms with Gasteiger partial charge in [-0.2, -0.15) is 0 Å². The first-order valence-corrected chi connectivity index (χ1v) is 5.76. The Labute approximate surface area is 103 Å². The molecule has 0 aliphatic heterocycles. The van der Waals surface area contributed by atoms with Gasteiger partial charge in [0.2, 0.25) is 0 Å². The van der Waals surface area contributed by atoms with Crippen molar-refractivity contribution < 1.29 is 4.42 Å². The Hall–Kier alpha value is -1.10. The third kappa shape index (κ3) is 2.04. The van der Waals surface area contributed by atoms with Crippen LogP contribution in [0.5, 0.6) is 0 Å². The largest absolute Gasteiger partial charge is 0.472 e. The quantitative estimate of drug-likeness (QED) is 0.672. The van der Waals surface area contributed by atoms with Crippen LogP contribution in [-0.2, 0) is 0 Å². The Morgan fingerprint density at radius 3 is 2.81 bits per heavy atom. The lowest BCUT2D eigenvalue weighted by molar-refractivity contribution is 0.553. The van der Waals surface area contributed by atoms with Crippen LogP contribution >= 0.6 is 15.9 Å². The minimum absolute atomic E-state index is 0.0451. The Balaban J connectivity index is 2.45. The average Bonchev–Trinajstić information content (AvgIpc) is 2.79. The molecule has 3 N–H and O–H groups in total. The van der Waals surface area contributed by atoms with Crippen LogP contribution in [0.15, 0.2) is 45.7 Å². The third-order valence-electron chi connectivity index (χ3n) is 2.66. The van der Waals surface area contributed by atoms with E-state index in [1.165, 1.54) is 5.56 Å². The number of furan rings is 1. The van der Waals surface area contributed by atoms with Crippen LogP contribution in [0.25, 0.3) is 0 Å². The summed E-state index contributed by atoms with van der Waals surface area (Å²) in [7, 11) is 0. The summed E-state index contributed by atoms with van der Waals surface area (Å²) in [6.45, 7) is 2.06. The van der Waals surface area contributed by atoms with Crippen molar-refractivity contribution in [3.05, 3.63) is 58.0 Å². The van der Waals surface area contributed by atoms with Gasteiger partial charge in [-0.25, -0.2) is 5.43 Å². The molecule has 1 heterocycles. The van der Waals surface area contributed by atoms with Crippen molar-refractivity contribution in [2.24, 2.45) is 5.84 Å². The molecular weight excluding hydrogens is 268 g/mol. The highest BCUT2D eigenvalue weighted by Gasteiger charge is 2.16. The van der Waals surface area contributed by atoms with Gasteiger partial charge >= 0.3 is 0 Å². The summed E-state index contributed by atoms with van der Waals surface area (Å²) in [6, 6.07) is 7.93. The zero-order valence-electron chi connectivity index (χ0n) is 8.91. The topological polar surface area (TPSA) is 51.2 Å². The Morgan fingerprint density at radius 2 is 2.19 bits per heavy atom. The zero-order valence-corrected chi connectivity index (χ0v) is 10.5. The molecular formula is C12H13BrN2O. The molecule has 0 aliphatic carbocycles. The molecule has 3 nitrogen and oxygen atoms in total. The summed E-state index contributed by atoms with van der Waals surface area (Å²) < 4.78 is 6.16. The molecule has 0 aliphatic rings. The van der Waals surface area contributed by atoms with Crippen molar-refractivity contribution in [1.29, 1.82) is 0 Å². The van der Waals surface area contributed by atoms with Gasteiger partial charge in [0.05, 0.1) is 18.6 Å². The molecule has 84 valence electrons. The van der Waals surface area contributed by atoms with Crippen LogP contribution < -0.4 is 11.3 Å². The Bertz CT molecular complexity index is 468. The smallest absolute Gasteiger partial charge is 0.0954 e. The van der Waals surface area contributed by atoms with E-state index in [0.29, 0.717) is 0 Å². The van der Waals surface area contributed by atoms with Gasteiger partial charge in [0.25, 0.3) is 0 Å². The van der Waals surface area contributed by atoms with E-state index in [9.17, 15) is 0 Å². The van der Waals surface area contributed by atoms with Gasteiger partial charge in [0, 0.05) is 10.0 Å². The van der Waals surface area contributed by atoms with Crippen molar-refractivity contribution in [2.75, 3.05) is 0 Å². The highest BCUT2D eigenvalue weighted by Crippen LogP contribution is 2.28. The van der Waals surface area contributed by atoms with Gasteiger partial charge in [0.1, 0.15) is 0 Å². The molecule has 2 rings (SSSR count). The van der Waals surface area contributed by atoms with E-state index < -0.39 is 0 Å². The lowest BCUT2D eigenvalue weighted by Gasteiger charge is -2.17. The van der Waals surface area contributed by atoms with Crippen molar-refractivity contribution in [1.82, 2.24) is 5.43 Å². The van der Waals surface area contributed by atoms with Gasteiger partial charge in [-0.3, -0.25) is 5.84 Å². The number of nitrogens with two attached hydrogens (primary N) is 1. The first-order valence-electron chi connectivity index (χ1n) is 4.97. The van der Waals surface area contributed by atoms with E-state index in [1.54, 1.807) is 12.5 Å². The summed E-state index contributed by atoms with van der Waals surface area (Å²) >= 11 is 3.51. The van der Waals surface area contributed by atoms with Crippen LogP contribution in [-0.4, -0.2) is 0 Å². The van der Waals surface area contributed by atoms with E-state index >= 15 is 0 Å². The van der Waals surface area contributed by atoms with Crippen LogP contribution in [0.3, 0.4) is 0 Å². The molecule has 0 amide bonds. The number of hydrogen-bond donors (Lipinski definition) is 2. The second kappa shape index (κ2) is 4.82. The molecule has 1 unspecified atom stereocenters. The predicted molar refractivity (Wildman–Crippen MR) is 66.8 cm³/mol. The minimum Gasteiger partial charge on any atom is -0.472 e. The average molecular weight is 281 g/mol. The van der Waals surface area contributed by atoms with E-state index in [-0.39, 0.29) is 6.04 Å². The Kier molecular flexibility index (Phi) is 3.43. The second-order valence-electron chi connectivity index (χ2n) is 3.61. The van der Waals surface area contributed by atoms with Crippen LogP contribution in [0.4, 0.5) is 0 Å². The molecule has 0 fully saturated rings. The molecule has 2 aromatic rings. The van der Waals surface area contributed by atoms with Gasteiger partial charge in [-0.05, 0) is 30.2 Å². The van der Waals surface area contributed by atoms with E-state index in [4.69, 9.17) is 10.3 Å². The van der Waals surface area contributed by atoms with Gasteiger partial charge < -0.3 is 4.42 Å². The molecule has 1 aromatic carbocycles. The standard InChI is InChI=1S/C12H13BrN2O/c1-8-10(3-2-4-11(8)13)12(15-14)9-5-6-16-7-9/h2-7,12,15H,14H2,1H3. The molecule has 4 heteroatoms. The van der Waals surface area contributed by atoms with Crippen molar-refractivity contribution >= 4 is 15.9 Å². The fourth-order valence-electron chi connectivity index (χ4n) is 1.74. The SMILES string of the molecule is Cc1c(Br)cccc1C(NN)c1ccoc1. The number of hydrogen-bond acceptors (Lipinski definition) is 3. The lowest BCUT2D eigenvalue weighted by Crippen LogP contribution is -2.29. The first kappa shape index (κ1) is 11.4. The summed E-state index contributed by atoms with van der Waals surface area (Å²) in [5.41, 5.74) is 6.14.